The molecule has 0 N–H and O–H groups in total. The Bertz CT molecular complexity index is 809. The van der Waals surface area contributed by atoms with Gasteiger partial charge in [0, 0.05) is 49.8 Å². The molecule has 0 radical (unpaired) electrons. The number of amides is 1. The highest BCUT2D eigenvalue weighted by Gasteiger charge is 2.41. The highest BCUT2D eigenvalue weighted by molar-refractivity contribution is 7.81. The molecule has 0 fully saturated rings. The number of hydrogen-bond acceptors (Lipinski definition) is 9. The van der Waals surface area contributed by atoms with Crippen LogP contribution in [0.15, 0.2) is 0 Å². The molecule has 43 heavy (non-hydrogen) atoms. The average Bonchev–Trinajstić information content (AvgIpc) is 2.94. The fourth-order valence-corrected chi connectivity index (χ4v) is 3.85. The van der Waals surface area contributed by atoms with E-state index in [2.05, 4.69) is 12.6 Å². The van der Waals surface area contributed by atoms with Crippen molar-refractivity contribution in [2.24, 2.45) is 5.92 Å². The predicted octanol–water partition coefficient (Wildman–Crippen LogP) is 5.90. The topological polar surface area (TPSA) is 108 Å². The number of ether oxygens (including phenoxy) is 4. The first kappa shape index (κ1) is 43.8. The fourth-order valence-electron chi connectivity index (χ4n) is 3.79. The summed E-state index contributed by atoms with van der Waals surface area (Å²) in [4.78, 5) is 51.3. The highest BCUT2D eigenvalue weighted by atomic mass is 32.1. The Balaban J connectivity index is 0. The van der Waals surface area contributed by atoms with E-state index >= 15 is 0 Å². The Kier molecular flexibility index (Phi) is 23.5. The van der Waals surface area contributed by atoms with Gasteiger partial charge >= 0.3 is 0 Å². The van der Waals surface area contributed by atoms with Crippen LogP contribution in [0, 0.1) is 5.92 Å². The van der Waals surface area contributed by atoms with Crippen LogP contribution in [-0.4, -0.2) is 97.3 Å². The van der Waals surface area contributed by atoms with E-state index in [4.69, 9.17) is 18.9 Å². The monoisotopic (exact) mass is 633 g/mol. The molecule has 0 rings (SSSR count). The van der Waals surface area contributed by atoms with Crippen LogP contribution in [0.3, 0.4) is 0 Å². The summed E-state index contributed by atoms with van der Waals surface area (Å²) >= 11 is 4.52. The van der Waals surface area contributed by atoms with Gasteiger partial charge in [0.2, 0.25) is 5.91 Å². The molecule has 0 aliphatic heterocycles. The largest absolute Gasteiger partial charge is 0.378 e. The van der Waals surface area contributed by atoms with Crippen LogP contribution in [-0.2, 0) is 38.1 Å². The number of carbonyl (C=O) groups excluding carboxylic acids is 4. The van der Waals surface area contributed by atoms with Gasteiger partial charge in [-0.05, 0) is 34.1 Å². The molecule has 0 aliphatic rings. The van der Waals surface area contributed by atoms with Crippen molar-refractivity contribution < 1.29 is 38.1 Å². The third-order valence-electron chi connectivity index (χ3n) is 6.70. The van der Waals surface area contributed by atoms with Gasteiger partial charge in [0.15, 0.2) is 0 Å². The van der Waals surface area contributed by atoms with Crippen molar-refractivity contribution in [2.75, 3.05) is 53.3 Å². The van der Waals surface area contributed by atoms with E-state index in [0.717, 1.165) is 6.42 Å². The minimum atomic E-state index is -1.06. The van der Waals surface area contributed by atoms with E-state index in [-0.39, 0.29) is 99.2 Å². The van der Waals surface area contributed by atoms with Crippen LogP contribution >= 0.6 is 12.6 Å². The van der Waals surface area contributed by atoms with Crippen molar-refractivity contribution in [1.82, 2.24) is 4.90 Å². The van der Waals surface area contributed by atoms with Gasteiger partial charge in [0.05, 0.1) is 58.3 Å². The number of hydrogen-bond donors (Lipinski definition) is 1. The second-order valence-electron chi connectivity index (χ2n) is 12.4. The van der Waals surface area contributed by atoms with Crippen LogP contribution in [0.2, 0.25) is 0 Å². The van der Waals surface area contributed by atoms with Crippen molar-refractivity contribution in [1.29, 1.82) is 0 Å². The Labute approximate surface area is 267 Å². The molecular formula is C33H63NO8S. The average molecular weight is 634 g/mol. The van der Waals surface area contributed by atoms with Crippen LogP contribution in [0.4, 0.5) is 0 Å². The van der Waals surface area contributed by atoms with E-state index in [9.17, 15) is 19.2 Å². The Hall–Kier alpha value is -1.33. The minimum Gasteiger partial charge on any atom is -0.378 e. The summed E-state index contributed by atoms with van der Waals surface area (Å²) in [6.45, 7) is 20.2. The van der Waals surface area contributed by atoms with Crippen molar-refractivity contribution in [2.45, 2.75) is 130 Å². The van der Waals surface area contributed by atoms with Crippen LogP contribution < -0.4 is 0 Å². The van der Waals surface area contributed by atoms with Gasteiger partial charge in [-0.25, -0.2) is 0 Å². The minimum absolute atomic E-state index is 0.0518. The van der Waals surface area contributed by atoms with E-state index in [1.165, 1.54) is 0 Å². The molecule has 10 heteroatoms. The summed E-state index contributed by atoms with van der Waals surface area (Å²) in [5, 5.41) is 0. The van der Waals surface area contributed by atoms with E-state index in [1.54, 1.807) is 18.9 Å². The zero-order chi connectivity index (χ0) is 33.7. The van der Waals surface area contributed by atoms with Crippen molar-refractivity contribution in [3.05, 3.63) is 0 Å². The fraction of sp³-hybridized carbons (Fsp3) is 0.879. The second kappa shape index (κ2) is 23.1. The molecule has 1 amide bonds. The van der Waals surface area contributed by atoms with Crippen molar-refractivity contribution in [3.8, 4) is 0 Å². The van der Waals surface area contributed by atoms with Crippen molar-refractivity contribution >= 4 is 35.9 Å². The van der Waals surface area contributed by atoms with Gasteiger partial charge in [-0.1, -0.05) is 41.5 Å². The number of carbonyl (C=O) groups is 4. The molecule has 1 unspecified atom stereocenters. The summed E-state index contributed by atoms with van der Waals surface area (Å²) in [6.07, 6.45) is 2.57. The summed E-state index contributed by atoms with van der Waals surface area (Å²) in [7, 11) is 1.68. The maximum absolute atomic E-state index is 13.7. The number of nitrogens with zero attached hydrogens (tertiary/aromatic N) is 1. The number of rotatable bonds is 25. The lowest BCUT2D eigenvalue weighted by molar-refractivity contribution is -0.156. The SMILES string of the molecule is CC.CCCC(=O)CCOCC(COCCC(=O)CC)(COCCC(=O)C(C)C)N(C)C(=O)CC(C)(C)OCC(C)(C)S. The normalized spacial score (nSPS) is 13.2. The summed E-state index contributed by atoms with van der Waals surface area (Å²) in [6, 6.07) is 0. The Morgan fingerprint density at radius 1 is 0.744 bits per heavy atom. The second-order valence-corrected chi connectivity index (χ2v) is 13.6. The van der Waals surface area contributed by atoms with E-state index < -0.39 is 11.1 Å². The molecule has 9 nitrogen and oxygen atoms in total. The first-order valence-corrected chi connectivity index (χ1v) is 16.4. The Morgan fingerprint density at radius 2 is 1.21 bits per heavy atom. The highest BCUT2D eigenvalue weighted by Crippen LogP contribution is 2.25. The number of thiol groups is 1. The zero-order valence-electron chi connectivity index (χ0n) is 29.1. The lowest BCUT2D eigenvalue weighted by Gasteiger charge is -2.42. The zero-order valence-corrected chi connectivity index (χ0v) is 30.0. The first-order valence-electron chi connectivity index (χ1n) is 15.9. The predicted molar refractivity (Wildman–Crippen MR) is 176 cm³/mol. The van der Waals surface area contributed by atoms with Crippen LogP contribution in [0.5, 0.6) is 0 Å². The van der Waals surface area contributed by atoms with Gasteiger partial charge in [0.25, 0.3) is 0 Å². The molecule has 0 heterocycles. The lowest BCUT2D eigenvalue weighted by Crippen LogP contribution is -2.60. The maximum Gasteiger partial charge on any atom is 0.225 e. The molecule has 0 spiro atoms. The summed E-state index contributed by atoms with van der Waals surface area (Å²) < 4.78 is 23.6. The van der Waals surface area contributed by atoms with Gasteiger partial charge in [-0.2, -0.15) is 12.6 Å². The molecule has 0 aliphatic carbocycles. The molecule has 0 aromatic carbocycles. The number of Topliss-reactive ketones (excluding diaryl/α,β-unsaturated/α-hetero) is 3. The molecule has 0 saturated heterocycles. The maximum atomic E-state index is 13.7. The first-order chi connectivity index (χ1) is 20.0. The standard InChI is InChI=1S/C31H57NO8S.C2H6/c1-10-12-26(34)14-17-38-22-31(21-37-16-13-25(33)11-2,23-39-18-15-27(35)24(3)4)32(9)28(36)19-29(5,6)40-20-30(7,8)41;1-2/h24,41H,10-23H2,1-9H3;1-2H3. The molecule has 0 saturated carbocycles. The molecule has 0 bridgehead atoms. The smallest absolute Gasteiger partial charge is 0.225 e. The molecule has 254 valence electrons. The number of likely N-dealkylation sites (N-methyl/N-ethyl adjacent to an activating group) is 1. The van der Waals surface area contributed by atoms with Gasteiger partial charge in [-0.3, -0.25) is 19.2 Å². The van der Waals surface area contributed by atoms with Crippen LogP contribution in [0.1, 0.15) is 114 Å². The molecular weight excluding hydrogens is 570 g/mol. The molecule has 0 aromatic heterocycles. The lowest BCUT2D eigenvalue weighted by atomic mass is 9.97. The third kappa shape index (κ3) is 21.1. The van der Waals surface area contributed by atoms with Gasteiger partial charge in [-0.15, -0.1) is 0 Å². The number of ketones is 3. The third-order valence-corrected chi connectivity index (χ3v) is 6.83. The summed E-state index contributed by atoms with van der Waals surface area (Å²) in [5.41, 5.74) is -1.82. The van der Waals surface area contributed by atoms with E-state index in [1.807, 2.05) is 62.3 Å². The van der Waals surface area contributed by atoms with E-state index in [0.29, 0.717) is 19.4 Å². The molecule has 0 aromatic rings. The quantitative estimate of drug-likeness (QED) is 0.0979. The summed E-state index contributed by atoms with van der Waals surface area (Å²) in [5.74, 6) is -0.00854. The van der Waals surface area contributed by atoms with Gasteiger partial charge in [0.1, 0.15) is 22.9 Å². The molecule has 1 atom stereocenters. The van der Waals surface area contributed by atoms with Gasteiger partial charge < -0.3 is 23.8 Å². The van der Waals surface area contributed by atoms with Crippen LogP contribution in [0.25, 0.3) is 0 Å². The van der Waals surface area contributed by atoms with Crippen molar-refractivity contribution in [3.63, 3.8) is 0 Å². The Morgan fingerprint density at radius 3 is 1.63 bits per heavy atom.